The lowest BCUT2D eigenvalue weighted by Gasteiger charge is -2.05. The molecule has 0 bridgehead atoms. The van der Waals surface area contributed by atoms with Gasteiger partial charge in [-0.25, -0.2) is 4.98 Å². The summed E-state index contributed by atoms with van der Waals surface area (Å²) in [4.78, 5) is 19.7. The van der Waals surface area contributed by atoms with E-state index in [1.807, 2.05) is 36.4 Å². The molecule has 0 radical (unpaired) electrons. The fraction of sp³-hybridized carbons (Fsp3) is 0.111. The fourth-order valence-corrected chi connectivity index (χ4v) is 3.29. The monoisotopic (exact) mass is 383 g/mol. The molecular formula is C18H14ClN5OS. The van der Waals surface area contributed by atoms with Gasteiger partial charge in [0.1, 0.15) is 5.52 Å². The summed E-state index contributed by atoms with van der Waals surface area (Å²) in [5, 5.41) is 13.3. The molecule has 0 aliphatic rings. The first-order valence-electron chi connectivity index (χ1n) is 7.94. The van der Waals surface area contributed by atoms with Crippen LogP contribution in [0.3, 0.4) is 0 Å². The third-order valence-corrected chi connectivity index (χ3v) is 4.93. The number of fused-ring (bicyclic) bond motifs is 3. The molecule has 1 amide bonds. The average molecular weight is 384 g/mol. The number of nitrogens with one attached hydrogen (secondary N) is 2. The number of nitrogens with zero attached hydrogens (tertiary/aromatic N) is 3. The highest BCUT2D eigenvalue weighted by Crippen LogP contribution is 2.23. The van der Waals surface area contributed by atoms with Gasteiger partial charge in [0.15, 0.2) is 5.65 Å². The van der Waals surface area contributed by atoms with Gasteiger partial charge in [0.05, 0.1) is 5.75 Å². The van der Waals surface area contributed by atoms with Gasteiger partial charge in [0.25, 0.3) is 0 Å². The lowest BCUT2D eigenvalue weighted by Crippen LogP contribution is -2.24. The van der Waals surface area contributed by atoms with E-state index in [4.69, 9.17) is 11.6 Å². The Balaban J connectivity index is 1.38. The van der Waals surface area contributed by atoms with Crippen molar-refractivity contribution in [1.29, 1.82) is 0 Å². The third kappa shape index (κ3) is 3.63. The zero-order valence-electron chi connectivity index (χ0n) is 13.6. The van der Waals surface area contributed by atoms with E-state index in [2.05, 4.69) is 25.5 Å². The number of para-hydroxylation sites is 1. The Hall–Kier alpha value is -2.64. The topological polar surface area (TPSA) is 83.6 Å². The van der Waals surface area contributed by atoms with Crippen molar-refractivity contribution in [1.82, 2.24) is 25.5 Å². The van der Waals surface area contributed by atoms with Crippen molar-refractivity contribution < 1.29 is 4.79 Å². The van der Waals surface area contributed by atoms with Gasteiger partial charge in [-0.2, -0.15) is 0 Å². The summed E-state index contributed by atoms with van der Waals surface area (Å²) in [5.41, 5.74) is 3.36. The molecule has 4 rings (SSSR count). The van der Waals surface area contributed by atoms with Crippen LogP contribution in [0.5, 0.6) is 0 Å². The first-order valence-corrected chi connectivity index (χ1v) is 9.30. The van der Waals surface area contributed by atoms with Crippen LogP contribution in [0.1, 0.15) is 5.56 Å². The number of aromatic amines is 1. The number of carbonyl (C=O) groups excluding carboxylic acids is 1. The van der Waals surface area contributed by atoms with Gasteiger partial charge in [0.2, 0.25) is 11.1 Å². The van der Waals surface area contributed by atoms with Crippen LogP contribution in [-0.2, 0) is 11.3 Å². The van der Waals surface area contributed by atoms with E-state index in [0.717, 1.165) is 22.0 Å². The van der Waals surface area contributed by atoms with Crippen molar-refractivity contribution in [3.8, 4) is 0 Å². The maximum atomic E-state index is 12.0. The van der Waals surface area contributed by atoms with Crippen molar-refractivity contribution in [3.05, 3.63) is 59.1 Å². The number of thioether (sulfide) groups is 1. The maximum Gasteiger partial charge on any atom is 0.230 e. The van der Waals surface area contributed by atoms with E-state index >= 15 is 0 Å². The number of rotatable bonds is 5. The molecule has 2 aromatic heterocycles. The Morgan fingerprint density at radius 2 is 1.92 bits per heavy atom. The molecule has 2 N–H and O–H groups in total. The number of carbonyl (C=O) groups is 1. The van der Waals surface area contributed by atoms with Crippen LogP contribution in [-0.4, -0.2) is 31.8 Å². The molecule has 0 spiro atoms. The van der Waals surface area contributed by atoms with Crippen LogP contribution >= 0.6 is 23.4 Å². The van der Waals surface area contributed by atoms with Crippen LogP contribution in [0.2, 0.25) is 5.02 Å². The number of hydrogen-bond donors (Lipinski definition) is 2. The van der Waals surface area contributed by atoms with Crippen molar-refractivity contribution in [3.63, 3.8) is 0 Å². The predicted octanol–water partition coefficient (Wildman–Crippen LogP) is 3.57. The molecule has 0 aliphatic heterocycles. The summed E-state index contributed by atoms with van der Waals surface area (Å²) in [7, 11) is 0. The van der Waals surface area contributed by atoms with Gasteiger partial charge < -0.3 is 10.3 Å². The summed E-state index contributed by atoms with van der Waals surface area (Å²) >= 11 is 7.10. The van der Waals surface area contributed by atoms with Crippen molar-refractivity contribution in [2.45, 2.75) is 11.7 Å². The minimum Gasteiger partial charge on any atom is -0.351 e. The van der Waals surface area contributed by atoms with Crippen molar-refractivity contribution >= 4 is 51.3 Å². The molecule has 4 aromatic rings. The van der Waals surface area contributed by atoms with Gasteiger partial charge in [-0.15, -0.1) is 10.2 Å². The van der Waals surface area contributed by atoms with E-state index < -0.39 is 0 Å². The van der Waals surface area contributed by atoms with Gasteiger partial charge in [-0.1, -0.05) is 53.7 Å². The second kappa shape index (κ2) is 7.31. The van der Waals surface area contributed by atoms with E-state index in [0.29, 0.717) is 22.4 Å². The smallest absolute Gasteiger partial charge is 0.230 e. The highest BCUT2D eigenvalue weighted by molar-refractivity contribution is 7.99. The first-order chi connectivity index (χ1) is 12.7. The van der Waals surface area contributed by atoms with E-state index in [1.54, 1.807) is 12.1 Å². The fourth-order valence-electron chi connectivity index (χ4n) is 2.55. The molecular weight excluding hydrogens is 370 g/mol. The molecule has 2 aromatic carbocycles. The normalized spacial score (nSPS) is 11.1. The van der Waals surface area contributed by atoms with Crippen LogP contribution in [0.4, 0.5) is 0 Å². The van der Waals surface area contributed by atoms with Crippen LogP contribution in [0, 0.1) is 0 Å². The Morgan fingerprint density at radius 1 is 1.12 bits per heavy atom. The van der Waals surface area contributed by atoms with Gasteiger partial charge >= 0.3 is 0 Å². The van der Waals surface area contributed by atoms with Crippen molar-refractivity contribution in [2.24, 2.45) is 0 Å². The lowest BCUT2D eigenvalue weighted by atomic mass is 10.2. The van der Waals surface area contributed by atoms with Crippen LogP contribution < -0.4 is 5.32 Å². The SMILES string of the molecule is O=C(CSc1nnc2c(n1)[nH]c1ccccc12)NCc1ccc(Cl)cc1. The standard InChI is InChI=1S/C18H14ClN5OS/c19-12-7-5-11(6-8-12)9-20-15(25)10-26-18-22-17-16(23-24-18)13-3-1-2-4-14(13)21-17/h1-8H,9-10H2,(H,20,25)(H,21,22,24). The summed E-state index contributed by atoms with van der Waals surface area (Å²) in [6.45, 7) is 0.455. The average Bonchev–Trinajstić information content (AvgIpc) is 3.03. The number of hydrogen-bond acceptors (Lipinski definition) is 5. The molecule has 2 heterocycles. The first kappa shape index (κ1) is 16.8. The van der Waals surface area contributed by atoms with Gasteiger partial charge in [-0.3, -0.25) is 4.79 Å². The van der Waals surface area contributed by atoms with Gasteiger partial charge in [0, 0.05) is 22.5 Å². The molecule has 26 heavy (non-hydrogen) atoms. The minimum atomic E-state index is -0.0923. The molecule has 0 aliphatic carbocycles. The number of halogens is 1. The Kier molecular flexibility index (Phi) is 4.73. The van der Waals surface area contributed by atoms with Crippen LogP contribution in [0.25, 0.3) is 22.1 Å². The number of amides is 1. The molecule has 6 nitrogen and oxygen atoms in total. The molecule has 0 atom stereocenters. The molecule has 0 saturated carbocycles. The zero-order chi connectivity index (χ0) is 17.9. The number of aromatic nitrogens is 4. The molecule has 8 heteroatoms. The Bertz CT molecular complexity index is 1080. The summed E-state index contributed by atoms with van der Waals surface area (Å²) < 4.78 is 0. The highest BCUT2D eigenvalue weighted by atomic mass is 35.5. The Morgan fingerprint density at radius 3 is 2.77 bits per heavy atom. The van der Waals surface area contributed by atoms with E-state index in [-0.39, 0.29) is 11.7 Å². The van der Waals surface area contributed by atoms with E-state index in [1.165, 1.54) is 11.8 Å². The second-order valence-corrected chi connectivity index (χ2v) is 7.03. The zero-order valence-corrected chi connectivity index (χ0v) is 15.1. The minimum absolute atomic E-state index is 0.0923. The number of benzene rings is 2. The maximum absolute atomic E-state index is 12.0. The summed E-state index contributed by atoms with van der Waals surface area (Å²) in [6.07, 6.45) is 0. The van der Waals surface area contributed by atoms with Crippen LogP contribution in [0.15, 0.2) is 53.7 Å². The second-order valence-electron chi connectivity index (χ2n) is 5.65. The molecule has 130 valence electrons. The largest absolute Gasteiger partial charge is 0.351 e. The molecule has 0 fully saturated rings. The molecule has 0 saturated heterocycles. The van der Waals surface area contributed by atoms with E-state index in [9.17, 15) is 4.79 Å². The quantitative estimate of drug-likeness (QED) is 0.515. The predicted molar refractivity (Wildman–Crippen MR) is 103 cm³/mol. The third-order valence-electron chi connectivity index (χ3n) is 3.84. The number of H-pyrrole nitrogens is 1. The van der Waals surface area contributed by atoms with Gasteiger partial charge in [-0.05, 0) is 23.8 Å². The Labute approximate surface area is 158 Å². The highest BCUT2D eigenvalue weighted by Gasteiger charge is 2.10. The van der Waals surface area contributed by atoms with Crippen molar-refractivity contribution in [2.75, 3.05) is 5.75 Å². The lowest BCUT2D eigenvalue weighted by molar-refractivity contribution is -0.118. The summed E-state index contributed by atoms with van der Waals surface area (Å²) in [6, 6.07) is 15.2. The summed E-state index contributed by atoms with van der Waals surface area (Å²) in [5.74, 6) is 0.131. The molecule has 0 unspecified atom stereocenters.